The number of hydroxylamine groups is 2. The van der Waals surface area contributed by atoms with Gasteiger partial charge in [0.05, 0.1) is 0 Å². The number of nitrogens with zero attached hydrogens (tertiary/aromatic N) is 1. The molecule has 0 saturated heterocycles. The van der Waals surface area contributed by atoms with Gasteiger partial charge < -0.3 is 0 Å². The van der Waals surface area contributed by atoms with E-state index in [4.69, 9.17) is 4.84 Å². The SMILES string of the molecule is CCCCO[N+](C)C. The van der Waals surface area contributed by atoms with E-state index in [1.165, 1.54) is 6.42 Å². The largest absolute Gasteiger partial charge is 0.149 e. The van der Waals surface area contributed by atoms with E-state index in [1.807, 2.05) is 14.1 Å². The van der Waals surface area contributed by atoms with Gasteiger partial charge in [0.2, 0.25) is 0 Å². The van der Waals surface area contributed by atoms with Gasteiger partial charge in [-0.05, 0) is 11.5 Å². The Bertz CT molecular complexity index is 45.8. The molecule has 0 heterocycles. The molecule has 0 atom stereocenters. The minimum Gasteiger partial charge on any atom is -0.149 e. The second kappa shape index (κ2) is 5.06. The summed E-state index contributed by atoms with van der Waals surface area (Å²) in [5.41, 5.74) is 0. The average molecular weight is 117 g/mol. The average Bonchev–Trinajstić information content (AvgIpc) is 1.66. The van der Waals surface area contributed by atoms with Crippen LogP contribution in [-0.4, -0.2) is 20.7 Å². The van der Waals surface area contributed by atoms with Crippen molar-refractivity contribution < 1.29 is 4.84 Å². The standard InChI is InChI=1S/C6H15NO/c1-4-5-6-8-7(2)3/h4-6H2,1-3H3/q+1. The Morgan fingerprint density at radius 1 is 1.38 bits per heavy atom. The van der Waals surface area contributed by atoms with E-state index in [1.54, 1.807) is 5.06 Å². The zero-order chi connectivity index (χ0) is 6.41. The fourth-order valence-electron chi connectivity index (χ4n) is 0.391. The third-order valence-corrected chi connectivity index (χ3v) is 0.847. The van der Waals surface area contributed by atoms with Crippen molar-refractivity contribution in [3.05, 3.63) is 0 Å². The Morgan fingerprint density at radius 2 is 2.00 bits per heavy atom. The predicted molar refractivity (Wildman–Crippen MR) is 34.8 cm³/mol. The van der Waals surface area contributed by atoms with Gasteiger partial charge in [-0.3, -0.25) is 0 Å². The van der Waals surface area contributed by atoms with Gasteiger partial charge in [0.25, 0.3) is 0 Å². The van der Waals surface area contributed by atoms with Crippen LogP contribution in [0.2, 0.25) is 0 Å². The van der Waals surface area contributed by atoms with Crippen molar-refractivity contribution in [2.45, 2.75) is 19.8 Å². The molecule has 0 N–H and O–H groups in total. The van der Waals surface area contributed by atoms with Crippen LogP contribution in [0.15, 0.2) is 0 Å². The highest BCUT2D eigenvalue weighted by Crippen LogP contribution is 1.86. The van der Waals surface area contributed by atoms with Gasteiger partial charge in [-0.25, -0.2) is 0 Å². The molecular formula is C6H15NO+. The van der Waals surface area contributed by atoms with Crippen LogP contribution in [0.1, 0.15) is 19.8 Å². The molecule has 0 rings (SSSR count). The molecular weight excluding hydrogens is 102 g/mol. The van der Waals surface area contributed by atoms with Crippen LogP contribution in [0.5, 0.6) is 0 Å². The Kier molecular flexibility index (Phi) is 5.01. The fraction of sp³-hybridized carbons (Fsp3) is 1.00. The second-order valence-electron chi connectivity index (χ2n) is 2.00. The smallest absolute Gasteiger partial charge is 0.149 e. The van der Waals surface area contributed by atoms with Crippen molar-refractivity contribution >= 4 is 0 Å². The van der Waals surface area contributed by atoms with Crippen LogP contribution in [0.25, 0.3) is 0 Å². The van der Waals surface area contributed by atoms with Crippen LogP contribution in [0, 0.1) is 0 Å². The summed E-state index contributed by atoms with van der Waals surface area (Å²) in [6.45, 7) is 3.00. The molecule has 0 aromatic rings. The fourth-order valence-corrected chi connectivity index (χ4v) is 0.391. The van der Waals surface area contributed by atoms with E-state index in [2.05, 4.69) is 6.92 Å². The Hall–Kier alpha value is -0.0800. The van der Waals surface area contributed by atoms with Gasteiger partial charge in [0.15, 0.2) is 0 Å². The van der Waals surface area contributed by atoms with Crippen molar-refractivity contribution in [2.24, 2.45) is 0 Å². The van der Waals surface area contributed by atoms with E-state index in [9.17, 15) is 0 Å². The van der Waals surface area contributed by atoms with Gasteiger partial charge in [0.1, 0.15) is 20.7 Å². The van der Waals surface area contributed by atoms with Gasteiger partial charge >= 0.3 is 0 Å². The molecule has 0 aliphatic heterocycles. The molecule has 0 aliphatic rings. The Balaban J connectivity index is 2.72. The van der Waals surface area contributed by atoms with E-state index in [0.29, 0.717) is 0 Å². The first-order chi connectivity index (χ1) is 3.77. The lowest BCUT2D eigenvalue weighted by Crippen LogP contribution is -2.19. The molecule has 0 fully saturated rings. The molecule has 0 bridgehead atoms. The summed E-state index contributed by atoms with van der Waals surface area (Å²) in [4.78, 5) is 5.12. The third kappa shape index (κ3) is 5.92. The first-order valence-electron chi connectivity index (χ1n) is 3.07. The lowest BCUT2D eigenvalue weighted by molar-refractivity contribution is -0.0356. The number of rotatable bonds is 4. The van der Waals surface area contributed by atoms with Gasteiger partial charge in [-0.15, -0.1) is 4.84 Å². The minimum atomic E-state index is 0.851. The molecule has 0 spiro atoms. The summed E-state index contributed by atoms with van der Waals surface area (Å²) < 4.78 is 0. The maximum Gasteiger partial charge on any atom is 0.149 e. The molecule has 0 saturated carbocycles. The summed E-state index contributed by atoms with van der Waals surface area (Å²) >= 11 is 0. The lowest BCUT2D eigenvalue weighted by atomic mass is 10.4. The van der Waals surface area contributed by atoms with Crippen molar-refractivity contribution in [1.82, 2.24) is 5.06 Å². The van der Waals surface area contributed by atoms with Crippen LogP contribution in [0.4, 0.5) is 0 Å². The van der Waals surface area contributed by atoms with E-state index in [0.717, 1.165) is 13.0 Å². The Morgan fingerprint density at radius 3 is 2.38 bits per heavy atom. The normalized spacial score (nSPS) is 10.5. The molecule has 49 valence electrons. The van der Waals surface area contributed by atoms with Gasteiger partial charge in [0, 0.05) is 0 Å². The van der Waals surface area contributed by atoms with E-state index >= 15 is 0 Å². The molecule has 0 aromatic heterocycles. The second-order valence-corrected chi connectivity index (χ2v) is 2.00. The van der Waals surface area contributed by atoms with Crippen molar-refractivity contribution in [1.29, 1.82) is 0 Å². The molecule has 2 nitrogen and oxygen atoms in total. The van der Waals surface area contributed by atoms with E-state index in [-0.39, 0.29) is 0 Å². The molecule has 0 unspecified atom stereocenters. The minimum absolute atomic E-state index is 0.851. The third-order valence-electron chi connectivity index (χ3n) is 0.847. The van der Waals surface area contributed by atoms with Crippen LogP contribution >= 0.6 is 0 Å². The van der Waals surface area contributed by atoms with Crippen LogP contribution < -0.4 is 5.06 Å². The summed E-state index contributed by atoms with van der Waals surface area (Å²) in [5, 5.41) is 1.73. The van der Waals surface area contributed by atoms with Gasteiger partial charge in [-0.2, -0.15) is 0 Å². The summed E-state index contributed by atoms with van der Waals surface area (Å²) in [6.07, 6.45) is 2.35. The highest BCUT2D eigenvalue weighted by molar-refractivity contribution is 4.29. The van der Waals surface area contributed by atoms with Crippen molar-refractivity contribution in [2.75, 3.05) is 20.7 Å². The van der Waals surface area contributed by atoms with Crippen molar-refractivity contribution in [3.63, 3.8) is 0 Å². The molecule has 0 aliphatic carbocycles. The zero-order valence-corrected chi connectivity index (χ0v) is 5.98. The molecule has 2 heteroatoms. The zero-order valence-electron chi connectivity index (χ0n) is 5.98. The van der Waals surface area contributed by atoms with E-state index < -0.39 is 0 Å². The molecule has 0 amide bonds. The first-order valence-corrected chi connectivity index (χ1v) is 3.07. The number of unbranched alkanes of at least 4 members (excludes halogenated alkanes) is 1. The summed E-state index contributed by atoms with van der Waals surface area (Å²) in [6, 6.07) is 0. The molecule has 0 aromatic carbocycles. The predicted octanol–water partition coefficient (Wildman–Crippen LogP) is 1.12. The highest BCUT2D eigenvalue weighted by atomic mass is 16.7. The topological polar surface area (TPSA) is 15.1 Å². The van der Waals surface area contributed by atoms with Crippen LogP contribution in [-0.2, 0) is 4.84 Å². The molecule has 1 radical (unpaired) electrons. The summed E-state index contributed by atoms with van der Waals surface area (Å²) in [7, 11) is 3.80. The first kappa shape index (κ1) is 7.92. The lowest BCUT2D eigenvalue weighted by Gasteiger charge is -1.96. The molecule has 8 heavy (non-hydrogen) atoms. The monoisotopic (exact) mass is 117 g/mol. The quantitative estimate of drug-likeness (QED) is 0.306. The Labute approximate surface area is 51.4 Å². The maximum absolute atomic E-state index is 5.12. The highest BCUT2D eigenvalue weighted by Gasteiger charge is 1.96. The number of hydrogen-bond acceptors (Lipinski definition) is 2. The van der Waals surface area contributed by atoms with Crippen molar-refractivity contribution in [3.8, 4) is 0 Å². The number of hydrogen-bond donors (Lipinski definition) is 0. The van der Waals surface area contributed by atoms with Crippen LogP contribution in [0.3, 0.4) is 0 Å². The van der Waals surface area contributed by atoms with Gasteiger partial charge in [-0.1, -0.05) is 13.3 Å². The summed E-state index contributed by atoms with van der Waals surface area (Å²) in [5.74, 6) is 0. The maximum atomic E-state index is 5.12.